The minimum Gasteiger partial charge on any atom is -0.457 e. The van der Waals surface area contributed by atoms with Gasteiger partial charge in [-0.15, -0.1) is 0 Å². The Balaban J connectivity index is 1.33. The number of likely N-dealkylation sites (tertiary alicyclic amines) is 1. The number of amides is 2. The lowest BCUT2D eigenvalue weighted by Gasteiger charge is -2.16. The SMILES string of the molecule is Cc1cccc(Oc2ccc(NC(=O)C3CC(=O)N(Cc4ccccc4)C3)cc2)c1. The number of hydrogen-bond acceptors (Lipinski definition) is 3. The van der Waals surface area contributed by atoms with Gasteiger partial charge in [0.05, 0.1) is 5.92 Å². The van der Waals surface area contributed by atoms with Crippen LogP contribution in [0.3, 0.4) is 0 Å². The summed E-state index contributed by atoms with van der Waals surface area (Å²) in [7, 11) is 0. The number of anilines is 1. The van der Waals surface area contributed by atoms with Gasteiger partial charge in [-0.25, -0.2) is 0 Å². The average Bonchev–Trinajstić information content (AvgIpc) is 3.11. The smallest absolute Gasteiger partial charge is 0.229 e. The Kier molecular flexibility index (Phi) is 5.80. The van der Waals surface area contributed by atoms with Crippen molar-refractivity contribution in [2.45, 2.75) is 19.9 Å². The molecule has 0 bridgehead atoms. The van der Waals surface area contributed by atoms with Crippen LogP contribution in [0.2, 0.25) is 0 Å². The van der Waals surface area contributed by atoms with Crippen molar-refractivity contribution in [1.29, 1.82) is 0 Å². The van der Waals surface area contributed by atoms with Crippen LogP contribution in [0.4, 0.5) is 5.69 Å². The summed E-state index contributed by atoms with van der Waals surface area (Å²) >= 11 is 0. The van der Waals surface area contributed by atoms with E-state index in [2.05, 4.69) is 5.32 Å². The maximum atomic E-state index is 12.7. The van der Waals surface area contributed by atoms with Gasteiger partial charge < -0.3 is 15.0 Å². The van der Waals surface area contributed by atoms with Crippen molar-refractivity contribution in [3.8, 4) is 11.5 Å². The van der Waals surface area contributed by atoms with E-state index in [4.69, 9.17) is 4.74 Å². The summed E-state index contributed by atoms with van der Waals surface area (Å²) in [6.45, 7) is 2.99. The first-order chi connectivity index (χ1) is 14.6. The Bertz CT molecular complexity index is 1030. The molecule has 2 amide bonds. The normalized spacial score (nSPS) is 15.8. The molecule has 5 nitrogen and oxygen atoms in total. The van der Waals surface area contributed by atoms with Gasteiger partial charge in [-0.3, -0.25) is 9.59 Å². The molecule has 0 saturated carbocycles. The quantitative estimate of drug-likeness (QED) is 0.648. The zero-order valence-corrected chi connectivity index (χ0v) is 16.9. The van der Waals surface area contributed by atoms with E-state index in [1.54, 1.807) is 4.90 Å². The molecule has 0 spiro atoms. The molecule has 1 atom stereocenters. The topological polar surface area (TPSA) is 58.6 Å². The summed E-state index contributed by atoms with van der Waals surface area (Å²) in [6, 6.07) is 24.9. The largest absolute Gasteiger partial charge is 0.457 e. The molecule has 152 valence electrons. The van der Waals surface area contributed by atoms with Gasteiger partial charge in [0.25, 0.3) is 0 Å². The number of carbonyl (C=O) groups is 2. The number of benzene rings is 3. The second-order valence-electron chi connectivity index (χ2n) is 7.59. The fourth-order valence-electron chi connectivity index (χ4n) is 3.57. The Labute approximate surface area is 176 Å². The van der Waals surface area contributed by atoms with Crippen molar-refractivity contribution in [1.82, 2.24) is 4.90 Å². The van der Waals surface area contributed by atoms with Crippen LogP contribution >= 0.6 is 0 Å². The van der Waals surface area contributed by atoms with E-state index < -0.39 is 0 Å². The van der Waals surface area contributed by atoms with Gasteiger partial charge in [0.2, 0.25) is 11.8 Å². The highest BCUT2D eigenvalue weighted by molar-refractivity contribution is 5.97. The molecule has 3 aromatic rings. The Morgan fingerprint density at radius 3 is 2.50 bits per heavy atom. The molecule has 0 aliphatic carbocycles. The molecular weight excluding hydrogens is 376 g/mol. The molecule has 30 heavy (non-hydrogen) atoms. The van der Waals surface area contributed by atoms with E-state index >= 15 is 0 Å². The number of carbonyl (C=O) groups excluding carboxylic acids is 2. The Morgan fingerprint density at radius 1 is 1.00 bits per heavy atom. The number of aryl methyl sites for hydroxylation is 1. The lowest BCUT2D eigenvalue weighted by molar-refractivity contribution is -0.128. The predicted octanol–water partition coefficient (Wildman–Crippen LogP) is 4.77. The standard InChI is InChI=1S/C25H24N2O3/c1-18-6-5-9-23(14-18)30-22-12-10-21(11-13-22)26-25(29)20-15-24(28)27(17-20)16-19-7-3-2-4-8-19/h2-14,20H,15-17H2,1H3,(H,26,29). The number of nitrogens with zero attached hydrogens (tertiary/aromatic N) is 1. The molecule has 1 unspecified atom stereocenters. The Morgan fingerprint density at radius 2 is 1.77 bits per heavy atom. The van der Waals surface area contributed by atoms with Gasteiger partial charge in [0.1, 0.15) is 11.5 Å². The minimum absolute atomic E-state index is 0.0147. The first-order valence-corrected chi connectivity index (χ1v) is 10.0. The number of rotatable bonds is 6. The molecule has 1 fully saturated rings. The van der Waals surface area contributed by atoms with Crippen LogP contribution in [0.25, 0.3) is 0 Å². The summed E-state index contributed by atoms with van der Waals surface area (Å²) in [5.41, 5.74) is 2.88. The molecule has 4 rings (SSSR count). The first kappa shape index (κ1) is 19.7. The van der Waals surface area contributed by atoms with Gasteiger partial charge in [-0.1, -0.05) is 42.5 Å². The van der Waals surface area contributed by atoms with Crippen molar-refractivity contribution < 1.29 is 14.3 Å². The summed E-state index contributed by atoms with van der Waals surface area (Å²) in [5, 5.41) is 2.92. The van der Waals surface area contributed by atoms with Crippen molar-refractivity contribution in [3.63, 3.8) is 0 Å². The first-order valence-electron chi connectivity index (χ1n) is 10.0. The second-order valence-corrected chi connectivity index (χ2v) is 7.59. The van der Waals surface area contributed by atoms with Crippen LogP contribution in [0.5, 0.6) is 11.5 Å². The van der Waals surface area contributed by atoms with Crippen molar-refractivity contribution in [2.24, 2.45) is 5.92 Å². The monoisotopic (exact) mass is 400 g/mol. The van der Waals surface area contributed by atoms with Crippen molar-refractivity contribution in [3.05, 3.63) is 90.0 Å². The fraction of sp³-hybridized carbons (Fsp3) is 0.200. The van der Waals surface area contributed by atoms with Gasteiger partial charge in [-0.05, 0) is 54.4 Å². The third-order valence-corrected chi connectivity index (χ3v) is 5.15. The summed E-state index contributed by atoms with van der Waals surface area (Å²) in [5.74, 6) is 1.01. The van der Waals surface area contributed by atoms with Crippen LogP contribution in [0, 0.1) is 12.8 Å². The lowest BCUT2D eigenvalue weighted by atomic mass is 10.1. The predicted molar refractivity (Wildman–Crippen MR) is 116 cm³/mol. The van der Waals surface area contributed by atoms with Gasteiger partial charge in [-0.2, -0.15) is 0 Å². The second kappa shape index (κ2) is 8.82. The van der Waals surface area contributed by atoms with Crippen molar-refractivity contribution >= 4 is 17.5 Å². The van der Waals surface area contributed by atoms with Gasteiger partial charge in [0, 0.05) is 25.2 Å². The van der Waals surface area contributed by atoms with E-state index in [1.165, 1.54) is 0 Å². The van der Waals surface area contributed by atoms with Crippen LogP contribution in [0.1, 0.15) is 17.5 Å². The highest BCUT2D eigenvalue weighted by Gasteiger charge is 2.34. The summed E-state index contributed by atoms with van der Waals surface area (Å²) in [4.78, 5) is 26.7. The molecule has 0 radical (unpaired) electrons. The highest BCUT2D eigenvalue weighted by Crippen LogP contribution is 2.25. The van der Waals surface area contributed by atoms with E-state index in [0.29, 0.717) is 24.5 Å². The number of nitrogens with one attached hydrogen (secondary N) is 1. The molecule has 1 saturated heterocycles. The molecule has 1 aliphatic rings. The maximum Gasteiger partial charge on any atom is 0.229 e. The molecule has 5 heteroatoms. The van der Waals surface area contributed by atoms with Crippen LogP contribution in [-0.2, 0) is 16.1 Å². The summed E-state index contributed by atoms with van der Waals surface area (Å²) in [6.07, 6.45) is 0.243. The molecule has 1 N–H and O–H groups in total. The van der Waals surface area contributed by atoms with E-state index in [0.717, 1.165) is 16.9 Å². The third kappa shape index (κ3) is 4.87. The van der Waals surface area contributed by atoms with E-state index in [-0.39, 0.29) is 24.2 Å². The van der Waals surface area contributed by atoms with Gasteiger partial charge in [0.15, 0.2) is 0 Å². The van der Waals surface area contributed by atoms with Gasteiger partial charge >= 0.3 is 0 Å². The molecule has 0 aromatic heterocycles. The molecular formula is C25H24N2O3. The van der Waals surface area contributed by atoms with Crippen LogP contribution in [-0.4, -0.2) is 23.3 Å². The lowest BCUT2D eigenvalue weighted by Crippen LogP contribution is -2.28. The zero-order chi connectivity index (χ0) is 20.9. The molecule has 1 aliphatic heterocycles. The minimum atomic E-state index is -0.343. The third-order valence-electron chi connectivity index (χ3n) is 5.15. The van der Waals surface area contributed by atoms with Crippen LogP contribution < -0.4 is 10.1 Å². The molecule has 3 aromatic carbocycles. The number of hydrogen-bond donors (Lipinski definition) is 1. The zero-order valence-electron chi connectivity index (χ0n) is 16.9. The fourth-order valence-corrected chi connectivity index (χ4v) is 3.57. The maximum absolute atomic E-state index is 12.7. The average molecular weight is 400 g/mol. The van der Waals surface area contributed by atoms with E-state index in [1.807, 2.05) is 85.8 Å². The van der Waals surface area contributed by atoms with Crippen LogP contribution in [0.15, 0.2) is 78.9 Å². The molecule has 1 heterocycles. The number of ether oxygens (including phenoxy) is 1. The highest BCUT2D eigenvalue weighted by atomic mass is 16.5. The Hall–Kier alpha value is -3.60. The summed E-state index contributed by atoms with van der Waals surface area (Å²) < 4.78 is 5.84. The van der Waals surface area contributed by atoms with E-state index in [9.17, 15) is 9.59 Å². The van der Waals surface area contributed by atoms with Crippen molar-refractivity contribution in [2.75, 3.05) is 11.9 Å².